The molecule has 3 heteroatoms. The van der Waals surface area contributed by atoms with Crippen LogP contribution in [0.3, 0.4) is 0 Å². The largest absolute Gasteiger partial charge is 0.323 e. The first-order chi connectivity index (χ1) is 10.8. The lowest BCUT2D eigenvalue weighted by molar-refractivity contribution is -0.0105. The Hall–Kier alpha value is -1.45. The molecule has 4 heterocycles. The number of nitrogens with zero attached hydrogens (tertiary/aromatic N) is 2. The average molecular weight is 295 g/mol. The monoisotopic (exact) mass is 295 g/mol. The van der Waals surface area contributed by atoms with Crippen LogP contribution in [0.2, 0.25) is 0 Å². The van der Waals surface area contributed by atoms with Crippen LogP contribution in [0, 0.1) is 11.8 Å². The predicted octanol–water partition coefficient (Wildman–Crippen LogP) is 3.36. The van der Waals surface area contributed by atoms with Gasteiger partial charge < -0.3 is 5.73 Å². The van der Waals surface area contributed by atoms with Crippen molar-refractivity contribution in [3.8, 4) is 0 Å². The molecule has 3 nitrogen and oxygen atoms in total. The van der Waals surface area contributed by atoms with Crippen LogP contribution in [0.25, 0.3) is 10.9 Å². The molecule has 116 valence electrons. The summed E-state index contributed by atoms with van der Waals surface area (Å²) in [6.45, 7) is 4.79. The number of aromatic nitrogens is 1. The van der Waals surface area contributed by atoms with Gasteiger partial charge >= 0.3 is 0 Å². The summed E-state index contributed by atoms with van der Waals surface area (Å²) in [4.78, 5) is 7.12. The van der Waals surface area contributed by atoms with Gasteiger partial charge in [-0.05, 0) is 48.9 Å². The number of hydrogen-bond donors (Lipinski definition) is 1. The van der Waals surface area contributed by atoms with E-state index in [4.69, 9.17) is 5.73 Å². The van der Waals surface area contributed by atoms with Crippen LogP contribution >= 0.6 is 0 Å². The molecule has 0 radical (unpaired) electrons. The second kappa shape index (κ2) is 5.64. The summed E-state index contributed by atoms with van der Waals surface area (Å²) in [7, 11) is 0. The molecule has 1 aromatic heterocycles. The second-order valence-corrected chi connectivity index (χ2v) is 6.96. The van der Waals surface area contributed by atoms with Gasteiger partial charge in [0.15, 0.2) is 0 Å². The number of rotatable bonds is 3. The van der Waals surface area contributed by atoms with E-state index in [1.54, 1.807) is 0 Å². The number of hydrogen-bond acceptors (Lipinski definition) is 3. The fraction of sp³-hybridized carbons (Fsp3) is 0.526. The highest BCUT2D eigenvalue weighted by Gasteiger charge is 2.41. The van der Waals surface area contributed by atoms with E-state index < -0.39 is 0 Å². The first kappa shape index (κ1) is 14.2. The van der Waals surface area contributed by atoms with Crippen LogP contribution in [-0.2, 0) is 0 Å². The molecule has 0 amide bonds. The first-order valence-electron chi connectivity index (χ1n) is 8.61. The molecule has 5 atom stereocenters. The van der Waals surface area contributed by atoms with Gasteiger partial charge in [0.1, 0.15) is 0 Å². The normalized spacial score (nSPS) is 32.3. The highest BCUT2D eigenvalue weighted by molar-refractivity contribution is 5.82. The number of benzene rings is 1. The zero-order valence-corrected chi connectivity index (χ0v) is 13.3. The predicted molar refractivity (Wildman–Crippen MR) is 90.5 cm³/mol. The lowest BCUT2D eigenvalue weighted by Crippen LogP contribution is -2.56. The van der Waals surface area contributed by atoms with Crippen molar-refractivity contribution in [3.63, 3.8) is 0 Å². The Morgan fingerprint density at radius 2 is 2.18 bits per heavy atom. The van der Waals surface area contributed by atoms with Gasteiger partial charge in [-0.15, -0.1) is 0 Å². The fourth-order valence-corrected chi connectivity index (χ4v) is 4.63. The minimum Gasteiger partial charge on any atom is -0.323 e. The molecule has 0 saturated carbocycles. The molecule has 2 aromatic rings. The van der Waals surface area contributed by atoms with Crippen LogP contribution in [0.4, 0.5) is 0 Å². The third-order valence-electron chi connectivity index (χ3n) is 5.92. The summed E-state index contributed by atoms with van der Waals surface area (Å²) in [5.41, 5.74) is 9.05. The Bertz CT molecular complexity index is 663. The maximum absolute atomic E-state index is 6.74. The third-order valence-corrected chi connectivity index (χ3v) is 5.92. The quantitative estimate of drug-likeness (QED) is 0.944. The van der Waals surface area contributed by atoms with Gasteiger partial charge in [0.05, 0.1) is 5.52 Å². The molecule has 3 aliphatic heterocycles. The molecule has 1 aromatic carbocycles. The average Bonchev–Trinajstić information content (AvgIpc) is 2.60. The third kappa shape index (κ3) is 2.24. The summed E-state index contributed by atoms with van der Waals surface area (Å²) in [5, 5.41) is 1.21. The maximum Gasteiger partial charge on any atom is 0.0705 e. The number of para-hydroxylation sites is 1. The molecule has 22 heavy (non-hydrogen) atoms. The van der Waals surface area contributed by atoms with Crippen molar-refractivity contribution in [2.24, 2.45) is 17.6 Å². The standard InChI is InChI=1S/C19H25N3/c1-2-13-12-22-10-8-14(13)11-18(22)19(20)16-7-9-21-17-6-4-3-5-15(16)17/h3-7,9,13-14,18-19H,2,8,10-12,20H2,1H3/t13-,14?,18+,19+/m0/s1. The highest BCUT2D eigenvalue weighted by Crippen LogP contribution is 2.41. The van der Waals surface area contributed by atoms with Crippen LogP contribution in [0.15, 0.2) is 36.5 Å². The summed E-state index contributed by atoms with van der Waals surface area (Å²) in [5.74, 6) is 1.76. The van der Waals surface area contributed by atoms with Gasteiger partial charge in [-0.3, -0.25) is 9.88 Å². The molecular weight excluding hydrogens is 270 g/mol. The van der Waals surface area contributed by atoms with E-state index in [-0.39, 0.29) is 6.04 Å². The molecular formula is C19H25N3. The summed E-state index contributed by atoms with van der Waals surface area (Å²) < 4.78 is 0. The molecule has 2 bridgehead atoms. The molecule has 3 fully saturated rings. The van der Waals surface area contributed by atoms with Crippen LogP contribution in [0.1, 0.15) is 37.8 Å². The summed E-state index contributed by atoms with van der Waals surface area (Å²) >= 11 is 0. The molecule has 5 rings (SSSR count). The van der Waals surface area contributed by atoms with E-state index in [1.807, 2.05) is 12.3 Å². The van der Waals surface area contributed by atoms with E-state index in [0.29, 0.717) is 6.04 Å². The van der Waals surface area contributed by atoms with Crippen molar-refractivity contribution in [2.45, 2.75) is 38.3 Å². The molecule has 0 spiro atoms. The topological polar surface area (TPSA) is 42.1 Å². The van der Waals surface area contributed by atoms with Crippen molar-refractivity contribution in [3.05, 3.63) is 42.1 Å². The minimum absolute atomic E-state index is 0.0912. The number of nitrogens with two attached hydrogens (primary N) is 1. The van der Waals surface area contributed by atoms with E-state index in [0.717, 1.165) is 17.4 Å². The van der Waals surface area contributed by atoms with Crippen LogP contribution < -0.4 is 5.73 Å². The molecule has 3 saturated heterocycles. The lowest BCUT2D eigenvalue weighted by atomic mass is 9.72. The van der Waals surface area contributed by atoms with E-state index in [9.17, 15) is 0 Å². The Morgan fingerprint density at radius 3 is 2.95 bits per heavy atom. The SMILES string of the molecule is CC[C@H]1CN2CCC1C[C@@H]2[C@H](N)c1ccnc2ccccc12. The van der Waals surface area contributed by atoms with Gasteiger partial charge in [-0.2, -0.15) is 0 Å². The fourth-order valence-electron chi connectivity index (χ4n) is 4.63. The highest BCUT2D eigenvalue weighted by atomic mass is 15.2. The molecule has 0 aliphatic carbocycles. The Kier molecular flexibility index (Phi) is 3.63. The van der Waals surface area contributed by atoms with Gasteiger partial charge in [0, 0.05) is 30.2 Å². The van der Waals surface area contributed by atoms with E-state index in [1.165, 1.54) is 43.3 Å². The van der Waals surface area contributed by atoms with Gasteiger partial charge in [-0.1, -0.05) is 31.5 Å². The van der Waals surface area contributed by atoms with E-state index >= 15 is 0 Å². The molecule has 2 N–H and O–H groups in total. The van der Waals surface area contributed by atoms with Crippen LogP contribution in [-0.4, -0.2) is 29.0 Å². The summed E-state index contributed by atoms with van der Waals surface area (Å²) in [6, 6.07) is 11.1. The van der Waals surface area contributed by atoms with Crippen LogP contribution in [0.5, 0.6) is 0 Å². The van der Waals surface area contributed by atoms with Crippen molar-refractivity contribution >= 4 is 10.9 Å². The van der Waals surface area contributed by atoms with E-state index in [2.05, 4.69) is 41.1 Å². The molecule has 3 aliphatic rings. The summed E-state index contributed by atoms with van der Waals surface area (Å²) in [6.07, 6.45) is 5.83. The number of piperidine rings is 3. The number of pyridine rings is 1. The van der Waals surface area contributed by atoms with Gasteiger partial charge in [0.25, 0.3) is 0 Å². The lowest BCUT2D eigenvalue weighted by Gasteiger charge is -2.51. The van der Waals surface area contributed by atoms with Crippen molar-refractivity contribution in [1.29, 1.82) is 0 Å². The zero-order chi connectivity index (χ0) is 15.1. The smallest absolute Gasteiger partial charge is 0.0705 e. The number of fused-ring (bicyclic) bond motifs is 4. The maximum atomic E-state index is 6.74. The van der Waals surface area contributed by atoms with Crippen molar-refractivity contribution < 1.29 is 0 Å². The second-order valence-electron chi connectivity index (χ2n) is 6.96. The van der Waals surface area contributed by atoms with Crippen molar-refractivity contribution in [2.75, 3.05) is 13.1 Å². The van der Waals surface area contributed by atoms with Gasteiger partial charge in [-0.25, -0.2) is 0 Å². The first-order valence-corrected chi connectivity index (χ1v) is 8.61. The minimum atomic E-state index is 0.0912. The Labute approximate surface area is 132 Å². The van der Waals surface area contributed by atoms with Crippen molar-refractivity contribution in [1.82, 2.24) is 9.88 Å². The zero-order valence-electron chi connectivity index (χ0n) is 13.3. The molecule has 2 unspecified atom stereocenters. The van der Waals surface area contributed by atoms with Gasteiger partial charge in [0.2, 0.25) is 0 Å². The Balaban J connectivity index is 1.66. The Morgan fingerprint density at radius 1 is 1.32 bits per heavy atom.